The van der Waals surface area contributed by atoms with Gasteiger partial charge in [0.2, 0.25) is 10.0 Å². The largest absolute Gasteiger partial charge is 0.307 e. The number of amides is 1. The third kappa shape index (κ3) is 4.51. The molecule has 1 atom stereocenters. The SMILES string of the molecule is CCN(CC)S(=O)(=O)c1ccc(C(=O)Nc2ccnn2[C@@H]2CCS(=O)(=O)C2)cc1. The quantitative estimate of drug-likeness (QED) is 0.697. The summed E-state index contributed by atoms with van der Waals surface area (Å²) in [6.45, 7) is 4.26. The summed E-state index contributed by atoms with van der Waals surface area (Å²) >= 11 is 0. The zero-order valence-corrected chi connectivity index (χ0v) is 17.9. The van der Waals surface area contributed by atoms with Crippen molar-refractivity contribution < 1.29 is 21.6 Å². The molecule has 0 spiro atoms. The number of rotatable bonds is 7. The Morgan fingerprint density at radius 2 is 1.86 bits per heavy atom. The third-order valence-corrected chi connectivity index (χ3v) is 8.74. The highest BCUT2D eigenvalue weighted by Crippen LogP contribution is 2.26. The Balaban J connectivity index is 1.75. The van der Waals surface area contributed by atoms with Crippen LogP contribution in [0.15, 0.2) is 41.4 Å². The van der Waals surface area contributed by atoms with Crippen LogP contribution in [0.5, 0.6) is 0 Å². The number of nitrogens with zero attached hydrogens (tertiary/aromatic N) is 3. The van der Waals surface area contributed by atoms with Crippen molar-refractivity contribution in [3.05, 3.63) is 42.1 Å². The van der Waals surface area contributed by atoms with Crippen LogP contribution in [0.25, 0.3) is 0 Å². The van der Waals surface area contributed by atoms with E-state index < -0.39 is 25.8 Å². The summed E-state index contributed by atoms with van der Waals surface area (Å²) in [4.78, 5) is 12.7. The number of sulfonamides is 1. The molecule has 1 aromatic carbocycles. The van der Waals surface area contributed by atoms with Gasteiger partial charge in [0.15, 0.2) is 9.84 Å². The first-order chi connectivity index (χ1) is 13.7. The van der Waals surface area contributed by atoms with E-state index in [-0.39, 0.29) is 28.0 Å². The highest BCUT2D eigenvalue weighted by molar-refractivity contribution is 7.91. The fraction of sp³-hybridized carbons (Fsp3) is 0.444. The van der Waals surface area contributed by atoms with E-state index in [1.165, 1.54) is 39.4 Å². The molecule has 0 bridgehead atoms. The molecule has 1 aromatic heterocycles. The summed E-state index contributed by atoms with van der Waals surface area (Å²) in [6.07, 6.45) is 1.95. The summed E-state index contributed by atoms with van der Waals surface area (Å²) in [7, 11) is -6.68. The van der Waals surface area contributed by atoms with Gasteiger partial charge in [0.1, 0.15) is 5.82 Å². The molecule has 2 aromatic rings. The normalized spacial score (nSPS) is 18.8. The number of aromatic nitrogens is 2. The molecule has 1 fully saturated rings. The molecule has 1 N–H and O–H groups in total. The van der Waals surface area contributed by atoms with Gasteiger partial charge in [0.25, 0.3) is 5.91 Å². The van der Waals surface area contributed by atoms with E-state index in [9.17, 15) is 21.6 Å². The number of nitrogens with one attached hydrogen (secondary N) is 1. The average Bonchev–Trinajstić information content (AvgIpc) is 3.28. The van der Waals surface area contributed by atoms with Gasteiger partial charge in [-0.05, 0) is 30.7 Å². The second-order valence-electron chi connectivity index (χ2n) is 6.79. The van der Waals surface area contributed by atoms with Gasteiger partial charge in [-0.25, -0.2) is 21.5 Å². The Morgan fingerprint density at radius 3 is 2.41 bits per heavy atom. The summed E-state index contributed by atoms with van der Waals surface area (Å²) in [5, 5.41) is 6.87. The monoisotopic (exact) mass is 440 g/mol. The van der Waals surface area contributed by atoms with Crippen LogP contribution >= 0.6 is 0 Å². The van der Waals surface area contributed by atoms with Crippen molar-refractivity contribution in [2.24, 2.45) is 0 Å². The minimum Gasteiger partial charge on any atom is -0.307 e. The Kier molecular flexibility index (Phi) is 6.11. The van der Waals surface area contributed by atoms with Crippen molar-refractivity contribution in [2.45, 2.75) is 31.2 Å². The van der Waals surface area contributed by atoms with Crippen LogP contribution in [-0.4, -0.2) is 61.4 Å². The fourth-order valence-electron chi connectivity index (χ4n) is 3.35. The predicted octanol–water partition coefficient (Wildman–Crippen LogP) is 1.53. The van der Waals surface area contributed by atoms with Crippen LogP contribution in [0.4, 0.5) is 5.82 Å². The maximum Gasteiger partial charge on any atom is 0.256 e. The Labute approximate surface area is 170 Å². The molecule has 0 unspecified atom stereocenters. The lowest BCUT2D eigenvalue weighted by Gasteiger charge is -2.18. The number of anilines is 1. The molecule has 1 amide bonds. The molecule has 0 saturated carbocycles. The van der Waals surface area contributed by atoms with Gasteiger partial charge in [0, 0.05) is 24.7 Å². The maximum absolute atomic E-state index is 12.6. The molecule has 3 rings (SSSR count). The Bertz CT molecular complexity index is 1090. The molecule has 0 radical (unpaired) electrons. The number of sulfone groups is 1. The number of carbonyl (C=O) groups is 1. The van der Waals surface area contributed by atoms with Gasteiger partial charge in [-0.15, -0.1) is 0 Å². The van der Waals surface area contributed by atoms with Crippen LogP contribution in [0.1, 0.15) is 36.7 Å². The Morgan fingerprint density at radius 1 is 1.21 bits per heavy atom. The standard InChI is InChI=1S/C18H24N4O5S2/c1-3-21(4-2)29(26,27)16-7-5-14(6-8-16)18(23)20-17-9-11-19-22(17)15-10-12-28(24,25)13-15/h5-9,11,15H,3-4,10,12-13H2,1-2H3,(H,20,23)/t15-/m1/s1. The third-order valence-electron chi connectivity index (χ3n) is 4.93. The number of carbonyl (C=O) groups excluding carboxylic acids is 1. The van der Waals surface area contributed by atoms with Crippen LogP contribution in [0, 0.1) is 0 Å². The lowest BCUT2D eigenvalue weighted by atomic mass is 10.2. The number of benzene rings is 1. The van der Waals surface area contributed by atoms with Crippen molar-refractivity contribution in [1.82, 2.24) is 14.1 Å². The van der Waals surface area contributed by atoms with E-state index >= 15 is 0 Å². The van der Waals surface area contributed by atoms with E-state index in [2.05, 4.69) is 10.4 Å². The Hall–Kier alpha value is -2.24. The summed E-state index contributed by atoms with van der Waals surface area (Å²) in [5.41, 5.74) is 0.287. The molecular weight excluding hydrogens is 416 g/mol. The zero-order valence-electron chi connectivity index (χ0n) is 16.3. The van der Waals surface area contributed by atoms with E-state index in [1.807, 2.05) is 0 Å². The molecule has 0 aliphatic carbocycles. The highest BCUT2D eigenvalue weighted by atomic mass is 32.2. The summed E-state index contributed by atoms with van der Waals surface area (Å²) in [6, 6.07) is 7.00. The van der Waals surface area contributed by atoms with Gasteiger partial charge in [-0.2, -0.15) is 9.40 Å². The van der Waals surface area contributed by atoms with Gasteiger partial charge >= 0.3 is 0 Å². The minimum absolute atomic E-state index is 0.00450. The van der Waals surface area contributed by atoms with Gasteiger partial charge in [0.05, 0.1) is 28.6 Å². The van der Waals surface area contributed by atoms with Gasteiger partial charge < -0.3 is 5.32 Å². The van der Waals surface area contributed by atoms with Crippen molar-refractivity contribution in [2.75, 3.05) is 29.9 Å². The number of hydrogen-bond donors (Lipinski definition) is 1. The summed E-state index contributed by atoms with van der Waals surface area (Å²) < 4.78 is 51.4. The van der Waals surface area contributed by atoms with Crippen LogP contribution in [0.3, 0.4) is 0 Å². The van der Waals surface area contributed by atoms with Gasteiger partial charge in [-0.3, -0.25) is 4.79 Å². The van der Waals surface area contributed by atoms with Crippen LogP contribution in [0.2, 0.25) is 0 Å². The van der Waals surface area contributed by atoms with Crippen LogP contribution in [-0.2, 0) is 19.9 Å². The molecule has 11 heteroatoms. The van der Waals surface area contributed by atoms with E-state index in [1.54, 1.807) is 19.9 Å². The van der Waals surface area contributed by atoms with Gasteiger partial charge in [-0.1, -0.05) is 13.8 Å². The molecule has 158 valence electrons. The molecule has 1 aliphatic heterocycles. The van der Waals surface area contributed by atoms with E-state index in [0.717, 1.165) is 0 Å². The minimum atomic E-state index is -3.59. The molecule has 1 aliphatic rings. The highest BCUT2D eigenvalue weighted by Gasteiger charge is 2.31. The van der Waals surface area contributed by atoms with Crippen molar-refractivity contribution in [3.63, 3.8) is 0 Å². The lowest BCUT2D eigenvalue weighted by molar-refractivity contribution is 0.102. The molecule has 2 heterocycles. The van der Waals surface area contributed by atoms with Crippen molar-refractivity contribution >= 4 is 31.6 Å². The van der Waals surface area contributed by atoms with E-state index in [0.29, 0.717) is 25.3 Å². The smallest absolute Gasteiger partial charge is 0.256 e. The predicted molar refractivity (Wildman–Crippen MR) is 109 cm³/mol. The van der Waals surface area contributed by atoms with Crippen LogP contribution < -0.4 is 5.32 Å². The summed E-state index contributed by atoms with van der Waals surface area (Å²) in [5.74, 6) is 0.0689. The maximum atomic E-state index is 12.6. The first-order valence-electron chi connectivity index (χ1n) is 9.33. The topological polar surface area (TPSA) is 118 Å². The van der Waals surface area contributed by atoms with Crippen molar-refractivity contribution in [3.8, 4) is 0 Å². The fourth-order valence-corrected chi connectivity index (χ4v) is 6.50. The molecule has 1 saturated heterocycles. The molecular formula is C18H24N4O5S2. The first-order valence-corrected chi connectivity index (χ1v) is 12.6. The zero-order chi connectivity index (χ0) is 21.2. The molecule has 29 heavy (non-hydrogen) atoms. The van der Waals surface area contributed by atoms with E-state index in [4.69, 9.17) is 0 Å². The second-order valence-corrected chi connectivity index (χ2v) is 11.0. The molecule has 9 nitrogen and oxygen atoms in total. The number of hydrogen-bond acceptors (Lipinski definition) is 6. The van der Waals surface area contributed by atoms with Crippen molar-refractivity contribution in [1.29, 1.82) is 0 Å². The first kappa shape index (κ1) is 21.5. The average molecular weight is 441 g/mol. The second kappa shape index (κ2) is 8.25. The lowest BCUT2D eigenvalue weighted by Crippen LogP contribution is -2.30.